The van der Waals surface area contributed by atoms with E-state index >= 15 is 0 Å². The van der Waals surface area contributed by atoms with Crippen molar-refractivity contribution in [2.45, 2.75) is 6.42 Å². The van der Waals surface area contributed by atoms with E-state index in [0.717, 1.165) is 10.6 Å². The Morgan fingerprint density at radius 2 is 1.79 bits per heavy atom. The Hall–Kier alpha value is -2.14. The highest BCUT2D eigenvalue weighted by Crippen LogP contribution is 2.08. The molecule has 4 nitrogen and oxygen atoms in total. The van der Waals surface area contributed by atoms with Gasteiger partial charge >= 0.3 is 0 Å². The standard InChI is InChI=1S/C14H14N2O2S/c17-13(9-12-7-4-8-19-12)15-10-14(18)16-11-5-2-1-3-6-11/h1-8H,9-10H2,(H,15,17)(H,16,18). The number of thiophene rings is 1. The number of hydrogen-bond acceptors (Lipinski definition) is 3. The second-order valence-electron chi connectivity index (χ2n) is 3.95. The normalized spacial score (nSPS) is 9.89. The van der Waals surface area contributed by atoms with E-state index in [1.54, 1.807) is 12.1 Å². The van der Waals surface area contributed by atoms with Gasteiger partial charge in [-0.3, -0.25) is 9.59 Å². The molecule has 0 radical (unpaired) electrons. The summed E-state index contributed by atoms with van der Waals surface area (Å²) in [4.78, 5) is 24.2. The lowest BCUT2D eigenvalue weighted by molar-refractivity contribution is -0.123. The second kappa shape index (κ2) is 6.70. The zero-order chi connectivity index (χ0) is 13.5. The second-order valence-corrected chi connectivity index (χ2v) is 4.98. The van der Waals surface area contributed by atoms with Crippen LogP contribution in [-0.4, -0.2) is 18.4 Å². The molecule has 1 heterocycles. The summed E-state index contributed by atoms with van der Waals surface area (Å²) >= 11 is 1.53. The molecule has 0 atom stereocenters. The van der Waals surface area contributed by atoms with Gasteiger partial charge in [0.1, 0.15) is 0 Å². The van der Waals surface area contributed by atoms with Crippen molar-refractivity contribution in [3.05, 3.63) is 52.7 Å². The molecule has 0 bridgehead atoms. The van der Waals surface area contributed by atoms with E-state index in [1.165, 1.54) is 11.3 Å². The molecule has 2 aromatic rings. The number of anilines is 1. The summed E-state index contributed by atoms with van der Waals surface area (Å²) in [6.45, 7) is -0.0148. The summed E-state index contributed by atoms with van der Waals surface area (Å²) in [5, 5.41) is 7.22. The molecule has 2 rings (SSSR count). The topological polar surface area (TPSA) is 58.2 Å². The Morgan fingerprint density at radius 3 is 2.47 bits per heavy atom. The third kappa shape index (κ3) is 4.56. The average molecular weight is 274 g/mol. The molecule has 98 valence electrons. The molecule has 5 heteroatoms. The molecular weight excluding hydrogens is 260 g/mol. The first-order valence-corrected chi connectivity index (χ1v) is 6.76. The van der Waals surface area contributed by atoms with Crippen LogP contribution in [0, 0.1) is 0 Å². The van der Waals surface area contributed by atoms with Crippen molar-refractivity contribution in [3.63, 3.8) is 0 Å². The SMILES string of the molecule is O=C(Cc1cccs1)NCC(=O)Nc1ccccc1. The summed E-state index contributed by atoms with van der Waals surface area (Å²) in [5.41, 5.74) is 0.722. The number of rotatable bonds is 5. The van der Waals surface area contributed by atoms with E-state index in [2.05, 4.69) is 10.6 Å². The lowest BCUT2D eigenvalue weighted by Gasteiger charge is -2.06. The Balaban J connectivity index is 1.73. The van der Waals surface area contributed by atoms with Gasteiger partial charge in [0.15, 0.2) is 0 Å². The number of hydrogen-bond donors (Lipinski definition) is 2. The van der Waals surface area contributed by atoms with Crippen LogP contribution in [0.25, 0.3) is 0 Å². The van der Waals surface area contributed by atoms with E-state index in [9.17, 15) is 9.59 Å². The van der Waals surface area contributed by atoms with Crippen molar-refractivity contribution >= 4 is 28.8 Å². The number of carbonyl (C=O) groups is 2. The monoisotopic (exact) mass is 274 g/mol. The Bertz CT molecular complexity index is 538. The minimum absolute atomic E-state index is 0.0148. The van der Waals surface area contributed by atoms with E-state index < -0.39 is 0 Å². The van der Waals surface area contributed by atoms with Gasteiger partial charge < -0.3 is 10.6 Å². The molecule has 0 saturated carbocycles. The fourth-order valence-electron chi connectivity index (χ4n) is 1.54. The van der Waals surface area contributed by atoms with E-state index in [4.69, 9.17) is 0 Å². The molecule has 19 heavy (non-hydrogen) atoms. The van der Waals surface area contributed by atoms with Crippen LogP contribution in [0.15, 0.2) is 47.8 Å². The molecule has 2 N–H and O–H groups in total. The van der Waals surface area contributed by atoms with Crippen molar-refractivity contribution in [2.75, 3.05) is 11.9 Å². The molecule has 1 aromatic heterocycles. The van der Waals surface area contributed by atoms with Gasteiger partial charge in [-0.25, -0.2) is 0 Å². The lowest BCUT2D eigenvalue weighted by Crippen LogP contribution is -2.33. The fraction of sp³-hybridized carbons (Fsp3) is 0.143. The zero-order valence-corrected chi connectivity index (χ0v) is 11.1. The highest BCUT2D eigenvalue weighted by Gasteiger charge is 2.07. The van der Waals surface area contributed by atoms with Gasteiger partial charge in [0.05, 0.1) is 13.0 Å². The first kappa shape index (κ1) is 13.3. The average Bonchev–Trinajstić information content (AvgIpc) is 2.90. The van der Waals surface area contributed by atoms with Gasteiger partial charge in [0.2, 0.25) is 11.8 Å². The van der Waals surface area contributed by atoms with Crippen LogP contribution < -0.4 is 10.6 Å². The van der Waals surface area contributed by atoms with Crippen molar-refractivity contribution in [3.8, 4) is 0 Å². The highest BCUT2D eigenvalue weighted by molar-refractivity contribution is 7.10. The summed E-state index contributed by atoms with van der Waals surface area (Å²) in [6, 6.07) is 12.9. The number of nitrogens with one attached hydrogen (secondary N) is 2. The quantitative estimate of drug-likeness (QED) is 0.876. The smallest absolute Gasteiger partial charge is 0.243 e. The van der Waals surface area contributed by atoms with Crippen LogP contribution in [0.2, 0.25) is 0 Å². The molecule has 0 unspecified atom stereocenters. The van der Waals surface area contributed by atoms with Crippen LogP contribution in [0.5, 0.6) is 0 Å². The third-order valence-electron chi connectivity index (χ3n) is 2.42. The molecule has 0 aliphatic carbocycles. The number of para-hydroxylation sites is 1. The third-order valence-corrected chi connectivity index (χ3v) is 3.29. The molecule has 1 aromatic carbocycles. The van der Waals surface area contributed by atoms with Gasteiger partial charge in [-0.15, -0.1) is 11.3 Å². The molecule has 0 aliphatic heterocycles. The molecule has 0 aliphatic rings. The maximum absolute atomic E-state index is 11.6. The van der Waals surface area contributed by atoms with Crippen LogP contribution >= 0.6 is 11.3 Å². The number of carbonyl (C=O) groups excluding carboxylic acids is 2. The largest absolute Gasteiger partial charge is 0.347 e. The van der Waals surface area contributed by atoms with Crippen molar-refractivity contribution in [2.24, 2.45) is 0 Å². The molecular formula is C14H14N2O2S. The number of benzene rings is 1. The minimum atomic E-state index is -0.231. The van der Waals surface area contributed by atoms with E-state index in [0.29, 0.717) is 6.42 Å². The molecule has 0 spiro atoms. The van der Waals surface area contributed by atoms with E-state index in [1.807, 2.05) is 35.7 Å². The Labute approximate surface area is 115 Å². The van der Waals surface area contributed by atoms with Gasteiger partial charge in [0, 0.05) is 10.6 Å². The predicted molar refractivity (Wildman–Crippen MR) is 76.1 cm³/mol. The predicted octanol–water partition coefficient (Wildman–Crippen LogP) is 2.05. The summed E-state index contributed by atoms with van der Waals surface area (Å²) in [5.74, 6) is -0.378. The van der Waals surface area contributed by atoms with Gasteiger partial charge in [-0.1, -0.05) is 24.3 Å². The van der Waals surface area contributed by atoms with Crippen LogP contribution in [0.4, 0.5) is 5.69 Å². The van der Waals surface area contributed by atoms with Gasteiger partial charge in [-0.2, -0.15) is 0 Å². The van der Waals surface area contributed by atoms with Crippen LogP contribution in [0.3, 0.4) is 0 Å². The number of amides is 2. The van der Waals surface area contributed by atoms with E-state index in [-0.39, 0.29) is 18.4 Å². The maximum Gasteiger partial charge on any atom is 0.243 e. The zero-order valence-electron chi connectivity index (χ0n) is 10.3. The van der Waals surface area contributed by atoms with Gasteiger partial charge in [-0.05, 0) is 23.6 Å². The molecule has 2 amide bonds. The first-order chi connectivity index (χ1) is 9.24. The Morgan fingerprint density at radius 1 is 1.00 bits per heavy atom. The van der Waals surface area contributed by atoms with Crippen molar-refractivity contribution < 1.29 is 9.59 Å². The van der Waals surface area contributed by atoms with Gasteiger partial charge in [0.25, 0.3) is 0 Å². The maximum atomic E-state index is 11.6. The highest BCUT2D eigenvalue weighted by atomic mass is 32.1. The molecule has 0 fully saturated rings. The molecule has 0 saturated heterocycles. The summed E-state index contributed by atoms with van der Waals surface area (Å²) in [7, 11) is 0. The summed E-state index contributed by atoms with van der Waals surface area (Å²) in [6.07, 6.45) is 0.316. The van der Waals surface area contributed by atoms with Crippen molar-refractivity contribution in [1.82, 2.24) is 5.32 Å². The fourth-order valence-corrected chi connectivity index (χ4v) is 2.24. The minimum Gasteiger partial charge on any atom is -0.347 e. The first-order valence-electron chi connectivity index (χ1n) is 5.88. The van der Waals surface area contributed by atoms with Crippen LogP contribution in [0.1, 0.15) is 4.88 Å². The lowest BCUT2D eigenvalue weighted by atomic mass is 10.3. The summed E-state index contributed by atoms with van der Waals surface area (Å²) < 4.78 is 0. The van der Waals surface area contributed by atoms with Crippen LogP contribution in [-0.2, 0) is 16.0 Å². The van der Waals surface area contributed by atoms with Crippen molar-refractivity contribution in [1.29, 1.82) is 0 Å². The Kier molecular flexibility index (Phi) is 4.69.